The van der Waals surface area contributed by atoms with Crippen molar-refractivity contribution < 1.29 is 9.53 Å². The molecular formula is C27H39NO2. The van der Waals surface area contributed by atoms with E-state index in [-0.39, 0.29) is 11.4 Å². The van der Waals surface area contributed by atoms with E-state index in [9.17, 15) is 4.79 Å². The highest BCUT2D eigenvalue weighted by atomic mass is 16.5. The summed E-state index contributed by atoms with van der Waals surface area (Å²) in [5.74, 6) is 1.60. The van der Waals surface area contributed by atoms with Crippen LogP contribution in [0.15, 0.2) is 53.9 Å². The zero-order chi connectivity index (χ0) is 21.4. The molecule has 1 aromatic rings. The lowest BCUT2D eigenvalue weighted by atomic mass is 9.83. The Kier molecular flexibility index (Phi) is 8.18. The molecule has 0 radical (unpaired) electrons. The molecule has 1 saturated carbocycles. The maximum absolute atomic E-state index is 13.5. The number of nitrogens with one attached hydrogen (secondary N) is 1. The topological polar surface area (TPSA) is 38.3 Å². The van der Waals surface area contributed by atoms with Gasteiger partial charge in [0, 0.05) is 13.0 Å². The fraction of sp³-hybridized carbons (Fsp3) is 0.593. The highest BCUT2D eigenvalue weighted by Gasteiger charge is 2.46. The minimum atomic E-state index is -0.102. The lowest BCUT2D eigenvalue weighted by molar-refractivity contribution is -0.122. The third-order valence-electron chi connectivity index (χ3n) is 6.67. The molecule has 2 aliphatic carbocycles. The lowest BCUT2D eigenvalue weighted by Gasteiger charge is -2.25. The van der Waals surface area contributed by atoms with Crippen LogP contribution in [0, 0.1) is 11.8 Å². The number of ether oxygens (including phenoxy) is 1. The molecule has 3 heteroatoms. The number of hydrogen-bond acceptors (Lipinski definition) is 3. The summed E-state index contributed by atoms with van der Waals surface area (Å²) in [4.78, 5) is 13.5. The SMILES string of the molecule is CCCCC1(O/C2=C(NCC)/C=C/CC(C)C(CCc3ccccc3)CC2=O)CC1. The van der Waals surface area contributed by atoms with E-state index in [1.165, 1.54) is 5.56 Å². The molecule has 3 nitrogen and oxygen atoms in total. The van der Waals surface area contributed by atoms with E-state index in [4.69, 9.17) is 4.74 Å². The van der Waals surface area contributed by atoms with Crippen molar-refractivity contribution in [3.63, 3.8) is 0 Å². The Morgan fingerprint density at radius 1 is 1.17 bits per heavy atom. The molecule has 0 aliphatic heterocycles. The molecule has 1 N–H and O–H groups in total. The highest BCUT2D eigenvalue weighted by Crippen LogP contribution is 2.46. The molecule has 2 unspecified atom stereocenters. The molecule has 30 heavy (non-hydrogen) atoms. The Labute approximate surface area is 183 Å². The van der Waals surface area contributed by atoms with Gasteiger partial charge in [-0.15, -0.1) is 0 Å². The molecule has 0 saturated heterocycles. The second-order valence-electron chi connectivity index (χ2n) is 9.19. The van der Waals surface area contributed by atoms with Crippen LogP contribution in [0.2, 0.25) is 0 Å². The summed E-state index contributed by atoms with van der Waals surface area (Å²) in [5, 5.41) is 3.40. The van der Waals surface area contributed by atoms with Crippen LogP contribution >= 0.6 is 0 Å². The first kappa shape index (κ1) is 22.7. The molecule has 1 aromatic carbocycles. The summed E-state index contributed by atoms with van der Waals surface area (Å²) in [6, 6.07) is 10.6. The number of benzene rings is 1. The molecule has 2 aliphatic rings. The Morgan fingerprint density at radius 2 is 1.93 bits per heavy atom. The number of carbonyl (C=O) groups is 1. The van der Waals surface area contributed by atoms with Gasteiger partial charge in [0.15, 0.2) is 11.5 Å². The summed E-state index contributed by atoms with van der Waals surface area (Å²) in [5.41, 5.74) is 2.12. The molecule has 0 amide bonds. The van der Waals surface area contributed by atoms with E-state index >= 15 is 0 Å². The van der Waals surface area contributed by atoms with E-state index in [0.29, 0.717) is 24.0 Å². The normalized spacial score (nSPS) is 27.0. The maximum Gasteiger partial charge on any atom is 0.199 e. The second-order valence-corrected chi connectivity index (χ2v) is 9.19. The number of aryl methyl sites for hydroxylation is 1. The van der Waals surface area contributed by atoms with Crippen molar-refractivity contribution in [2.75, 3.05) is 6.54 Å². The van der Waals surface area contributed by atoms with Crippen LogP contribution in [0.4, 0.5) is 0 Å². The van der Waals surface area contributed by atoms with E-state index < -0.39 is 0 Å². The number of ketones is 1. The Hall–Kier alpha value is -2.03. The van der Waals surface area contributed by atoms with Gasteiger partial charge in [-0.2, -0.15) is 0 Å². The summed E-state index contributed by atoms with van der Waals surface area (Å²) in [6.45, 7) is 7.36. The maximum atomic E-state index is 13.5. The van der Waals surface area contributed by atoms with E-state index in [1.54, 1.807) is 0 Å². The third kappa shape index (κ3) is 6.23. The number of hydrogen-bond donors (Lipinski definition) is 1. The zero-order valence-electron chi connectivity index (χ0n) is 19.1. The van der Waals surface area contributed by atoms with Crippen molar-refractivity contribution >= 4 is 5.78 Å². The Balaban J connectivity index is 1.77. The standard InChI is InChI=1S/C27H39NO2/c1-4-6-17-27(18-19-27)30-26-24(28-5-2)14-10-11-21(3)23(20-25(26)29)16-15-22-12-8-7-9-13-22/h7-10,12-14,21,23,28H,4-6,11,15-20H2,1-3H3/b14-10+,26-24-. The molecule has 3 rings (SSSR count). The summed E-state index contributed by atoms with van der Waals surface area (Å²) in [7, 11) is 0. The van der Waals surface area contributed by atoms with Crippen molar-refractivity contribution in [3.05, 3.63) is 59.5 Å². The smallest absolute Gasteiger partial charge is 0.199 e. The van der Waals surface area contributed by atoms with Crippen LogP contribution in [-0.4, -0.2) is 17.9 Å². The van der Waals surface area contributed by atoms with Gasteiger partial charge < -0.3 is 10.1 Å². The van der Waals surface area contributed by atoms with Crippen molar-refractivity contribution in [2.24, 2.45) is 11.8 Å². The summed E-state index contributed by atoms with van der Waals surface area (Å²) in [6.07, 6.45) is 13.5. The van der Waals surface area contributed by atoms with Gasteiger partial charge >= 0.3 is 0 Å². The van der Waals surface area contributed by atoms with Crippen molar-refractivity contribution in [2.45, 2.75) is 84.2 Å². The minimum Gasteiger partial charge on any atom is -0.481 e. The van der Waals surface area contributed by atoms with Crippen molar-refractivity contribution in [3.8, 4) is 0 Å². The molecule has 0 spiro atoms. The van der Waals surface area contributed by atoms with Crippen LogP contribution in [0.1, 0.15) is 77.7 Å². The fourth-order valence-electron chi connectivity index (χ4n) is 4.43. The van der Waals surface area contributed by atoms with Gasteiger partial charge in [0.2, 0.25) is 0 Å². The monoisotopic (exact) mass is 409 g/mol. The highest BCUT2D eigenvalue weighted by molar-refractivity contribution is 5.94. The number of rotatable bonds is 10. The molecule has 0 bridgehead atoms. The average molecular weight is 410 g/mol. The van der Waals surface area contributed by atoms with Gasteiger partial charge in [-0.25, -0.2) is 0 Å². The number of Topliss-reactive ketones (excluding diaryl/α,β-unsaturated/α-hetero) is 1. The van der Waals surface area contributed by atoms with E-state index in [1.807, 2.05) is 0 Å². The zero-order valence-corrected chi connectivity index (χ0v) is 19.1. The molecule has 2 atom stereocenters. The van der Waals surface area contributed by atoms with Crippen molar-refractivity contribution in [1.29, 1.82) is 0 Å². The van der Waals surface area contributed by atoms with Crippen molar-refractivity contribution in [1.82, 2.24) is 5.32 Å². The average Bonchev–Trinajstić information content (AvgIpc) is 3.52. The van der Waals surface area contributed by atoms with E-state index in [0.717, 1.165) is 63.6 Å². The molecule has 0 heterocycles. The third-order valence-corrected chi connectivity index (χ3v) is 6.67. The quantitative estimate of drug-likeness (QED) is 0.489. The summed E-state index contributed by atoms with van der Waals surface area (Å²) < 4.78 is 6.52. The molecule has 164 valence electrons. The first-order valence-corrected chi connectivity index (χ1v) is 12.0. The largest absolute Gasteiger partial charge is 0.481 e. The second kappa shape index (κ2) is 10.8. The predicted octanol–water partition coefficient (Wildman–Crippen LogP) is 6.35. The predicted molar refractivity (Wildman–Crippen MR) is 124 cm³/mol. The summed E-state index contributed by atoms with van der Waals surface area (Å²) >= 11 is 0. The number of allylic oxidation sites excluding steroid dienone is 3. The van der Waals surface area contributed by atoms with Gasteiger partial charge in [-0.3, -0.25) is 4.79 Å². The molecule has 1 fully saturated rings. The van der Waals surface area contributed by atoms with Gasteiger partial charge in [-0.05, 0) is 75.3 Å². The van der Waals surface area contributed by atoms with Crippen LogP contribution in [-0.2, 0) is 16.0 Å². The number of carbonyl (C=O) groups excluding carboxylic acids is 1. The van der Waals surface area contributed by atoms with Crippen LogP contribution < -0.4 is 5.32 Å². The van der Waals surface area contributed by atoms with Gasteiger partial charge in [-0.1, -0.05) is 56.7 Å². The van der Waals surface area contributed by atoms with Crippen LogP contribution in [0.5, 0.6) is 0 Å². The lowest BCUT2D eigenvalue weighted by Crippen LogP contribution is -2.26. The van der Waals surface area contributed by atoms with Gasteiger partial charge in [0.25, 0.3) is 0 Å². The van der Waals surface area contributed by atoms with Crippen LogP contribution in [0.25, 0.3) is 0 Å². The minimum absolute atomic E-state index is 0.102. The molecular weight excluding hydrogens is 370 g/mol. The Bertz CT molecular complexity index is 745. The van der Waals surface area contributed by atoms with Gasteiger partial charge in [0.1, 0.15) is 5.60 Å². The van der Waals surface area contributed by atoms with Crippen LogP contribution in [0.3, 0.4) is 0 Å². The number of likely N-dealkylation sites (N-methyl/N-ethyl adjacent to an activating group) is 1. The van der Waals surface area contributed by atoms with E-state index in [2.05, 4.69) is 68.6 Å². The first-order valence-electron chi connectivity index (χ1n) is 12.0. The Morgan fingerprint density at radius 3 is 2.60 bits per heavy atom. The fourth-order valence-corrected chi connectivity index (χ4v) is 4.43. The first-order chi connectivity index (χ1) is 14.6. The molecule has 0 aromatic heterocycles. The van der Waals surface area contributed by atoms with Gasteiger partial charge in [0.05, 0.1) is 5.70 Å². The number of unbranched alkanes of at least 4 members (excludes halogenated alkanes) is 1.